The molecule has 0 spiro atoms. The lowest BCUT2D eigenvalue weighted by molar-refractivity contribution is -0.185. The maximum absolute atomic E-state index is 14.1. The van der Waals surface area contributed by atoms with Gasteiger partial charge in [-0.3, -0.25) is 13.9 Å². The zero-order valence-corrected chi connectivity index (χ0v) is 22.6. The van der Waals surface area contributed by atoms with Crippen LogP contribution in [-0.4, -0.2) is 68.8 Å². The molecular formula is C23H30F2N3O8PS. The Hall–Kier alpha value is -2.48. The Morgan fingerprint density at radius 3 is 2.53 bits per heavy atom. The van der Waals surface area contributed by atoms with Gasteiger partial charge < -0.3 is 29.9 Å². The third-order valence-electron chi connectivity index (χ3n) is 5.65. The van der Waals surface area contributed by atoms with Gasteiger partial charge in [-0.25, -0.2) is 18.3 Å². The van der Waals surface area contributed by atoms with Crippen molar-refractivity contribution in [3.63, 3.8) is 0 Å². The second-order valence-electron chi connectivity index (χ2n) is 9.08. The molecule has 0 bridgehead atoms. The Morgan fingerprint density at radius 2 is 1.95 bits per heavy atom. The normalized spacial score (nSPS) is 25.8. The minimum atomic E-state index is -4.16. The number of carbonyl (C=O) groups excluding carboxylic acids is 1. The maximum Gasteiger partial charge on any atom is 0.380 e. The number of carbonyl (C=O) groups is 1. The van der Waals surface area contributed by atoms with Crippen LogP contribution in [0.2, 0.25) is 0 Å². The van der Waals surface area contributed by atoms with Crippen molar-refractivity contribution in [2.75, 3.05) is 18.5 Å². The standard InChI is InChI=1S/C23H30F2N3O8PS/c1-13(2)34-19(30)14(3)12-37(32,36-15-7-5-4-6-8-15)33-11-16-18(29)23(31,20(24)25)21(35-16)28-10-9-17(26)27-22(28)38/h4-10,13-14,16,18,20-21,29,31H,11-12H2,1-3H3,(H2,26,27,38)/t14-,16-,18+,21-,23?,37?/m1/s1. The molecule has 0 aliphatic carbocycles. The number of benzene rings is 1. The SMILES string of the molecule is CC(C)OC(=O)[C@H](C)CP(=O)(OC[C@H]1O[C@@H](n2ccc(N)nc2=S)C(O)(C(F)F)[C@H]1O)Oc1ccccc1. The van der Waals surface area contributed by atoms with Crippen LogP contribution < -0.4 is 10.3 Å². The molecule has 1 fully saturated rings. The molecule has 6 atom stereocenters. The quantitative estimate of drug-likeness (QED) is 0.205. The smallest absolute Gasteiger partial charge is 0.380 e. The van der Waals surface area contributed by atoms with Crippen LogP contribution >= 0.6 is 19.8 Å². The molecule has 0 saturated carbocycles. The van der Waals surface area contributed by atoms with Crippen molar-refractivity contribution in [1.82, 2.24) is 9.55 Å². The molecular weight excluding hydrogens is 547 g/mol. The van der Waals surface area contributed by atoms with Crippen molar-refractivity contribution in [2.45, 2.75) is 57.3 Å². The maximum atomic E-state index is 14.1. The van der Waals surface area contributed by atoms with E-state index in [9.17, 15) is 28.4 Å². The van der Waals surface area contributed by atoms with Gasteiger partial charge in [0.2, 0.25) is 4.77 Å². The van der Waals surface area contributed by atoms with Gasteiger partial charge in [0, 0.05) is 6.20 Å². The monoisotopic (exact) mass is 577 g/mol. The van der Waals surface area contributed by atoms with Crippen molar-refractivity contribution in [2.24, 2.45) is 5.92 Å². The first-order valence-electron chi connectivity index (χ1n) is 11.6. The molecule has 2 unspecified atom stereocenters. The number of aliphatic hydroxyl groups is 2. The predicted octanol–water partition coefficient (Wildman–Crippen LogP) is 3.33. The van der Waals surface area contributed by atoms with Crippen molar-refractivity contribution >= 4 is 31.6 Å². The zero-order chi connectivity index (χ0) is 28.3. The Morgan fingerprint density at radius 1 is 1.29 bits per heavy atom. The van der Waals surface area contributed by atoms with E-state index in [4.69, 9.17) is 36.5 Å². The largest absolute Gasteiger partial charge is 0.463 e. The third-order valence-corrected chi connectivity index (χ3v) is 7.98. The first kappa shape index (κ1) is 30.1. The molecule has 2 heterocycles. The number of aliphatic hydroxyl groups excluding tert-OH is 1. The van der Waals surface area contributed by atoms with E-state index in [1.807, 2.05) is 0 Å². The number of halogens is 2. The minimum Gasteiger partial charge on any atom is -0.463 e. The fourth-order valence-corrected chi connectivity index (χ4v) is 5.89. The minimum absolute atomic E-state index is 0.00868. The lowest BCUT2D eigenvalue weighted by Crippen LogP contribution is -2.52. The van der Waals surface area contributed by atoms with Crippen molar-refractivity contribution in [1.29, 1.82) is 0 Å². The van der Waals surface area contributed by atoms with Crippen molar-refractivity contribution < 1.29 is 46.9 Å². The van der Waals surface area contributed by atoms with E-state index >= 15 is 0 Å². The summed E-state index contributed by atoms with van der Waals surface area (Å²) in [4.78, 5) is 16.1. The van der Waals surface area contributed by atoms with Gasteiger partial charge in [-0.2, -0.15) is 0 Å². The van der Waals surface area contributed by atoms with E-state index in [1.54, 1.807) is 32.0 Å². The number of nitrogens with two attached hydrogens (primary N) is 1. The van der Waals surface area contributed by atoms with Crippen LogP contribution in [0.3, 0.4) is 0 Å². The zero-order valence-electron chi connectivity index (χ0n) is 20.8. The molecule has 4 N–H and O–H groups in total. The second-order valence-corrected chi connectivity index (χ2v) is 11.5. The number of aromatic nitrogens is 2. The van der Waals surface area contributed by atoms with E-state index in [2.05, 4.69) is 4.98 Å². The lowest BCUT2D eigenvalue weighted by atomic mass is 9.94. The van der Waals surface area contributed by atoms with Crippen LogP contribution in [0.5, 0.6) is 5.75 Å². The van der Waals surface area contributed by atoms with E-state index < -0.39 is 68.8 Å². The number of hydrogen-bond donors (Lipinski definition) is 3. The summed E-state index contributed by atoms with van der Waals surface area (Å²) in [6.45, 7) is 4.04. The first-order valence-corrected chi connectivity index (χ1v) is 13.8. The van der Waals surface area contributed by atoms with Crippen LogP contribution in [0.25, 0.3) is 0 Å². The van der Waals surface area contributed by atoms with E-state index in [0.717, 1.165) is 4.57 Å². The van der Waals surface area contributed by atoms with Crippen molar-refractivity contribution in [3.8, 4) is 5.75 Å². The highest BCUT2D eigenvalue weighted by atomic mass is 32.1. The van der Waals surface area contributed by atoms with E-state index in [1.165, 1.54) is 31.3 Å². The van der Waals surface area contributed by atoms with Crippen LogP contribution in [-0.2, 0) is 23.4 Å². The van der Waals surface area contributed by atoms with E-state index in [0.29, 0.717) is 0 Å². The molecule has 1 aromatic carbocycles. The number of alkyl halides is 2. The number of anilines is 1. The lowest BCUT2D eigenvalue weighted by Gasteiger charge is -2.31. The molecule has 1 aliphatic rings. The highest BCUT2D eigenvalue weighted by Gasteiger charge is 2.62. The summed E-state index contributed by atoms with van der Waals surface area (Å²) in [5, 5.41) is 21.5. The van der Waals surface area contributed by atoms with Crippen LogP contribution in [0.15, 0.2) is 42.6 Å². The first-order chi connectivity index (χ1) is 17.8. The van der Waals surface area contributed by atoms with Gasteiger partial charge in [0.1, 0.15) is 23.8 Å². The molecule has 38 heavy (non-hydrogen) atoms. The van der Waals surface area contributed by atoms with Crippen LogP contribution in [0, 0.1) is 10.7 Å². The Balaban J connectivity index is 1.85. The summed E-state index contributed by atoms with van der Waals surface area (Å²) in [7, 11) is -4.16. The number of rotatable bonds is 11. The Kier molecular flexibility index (Phi) is 9.61. The Bertz CT molecular complexity index is 1220. The van der Waals surface area contributed by atoms with Gasteiger partial charge in [-0.1, -0.05) is 25.1 Å². The summed E-state index contributed by atoms with van der Waals surface area (Å²) in [6.07, 6.45) is -8.80. The van der Waals surface area contributed by atoms with Crippen LogP contribution in [0.4, 0.5) is 14.6 Å². The fraction of sp³-hybridized carbons (Fsp3) is 0.522. The molecule has 1 aliphatic heterocycles. The average Bonchev–Trinajstić information content (AvgIpc) is 3.09. The van der Waals surface area contributed by atoms with Gasteiger partial charge in [0.05, 0.1) is 24.8 Å². The molecule has 2 aromatic rings. The van der Waals surface area contributed by atoms with Gasteiger partial charge in [-0.05, 0) is 44.3 Å². The van der Waals surface area contributed by atoms with Crippen LogP contribution in [0.1, 0.15) is 27.0 Å². The van der Waals surface area contributed by atoms with Crippen molar-refractivity contribution in [3.05, 3.63) is 47.4 Å². The molecule has 210 valence electrons. The molecule has 0 radical (unpaired) electrons. The molecule has 0 amide bonds. The van der Waals surface area contributed by atoms with Gasteiger partial charge in [0.25, 0.3) is 6.43 Å². The Labute approximate surface area is 223 Å². The number of para-hydroxylation sites is 1. The van der Waals surface area contributed by atoms with Gasteiger partial charge >= 0.3 is 13.6 Å². The molecule has 3 rings (SSSR count). The number of nitrogens with zero attached hydrogens (tertiary/aromatic N) is 2. The molecule has 11 nitrogen and oxygen atoms in total. The summed E-state index contributed by atoms with van der Waals surface area (Å²) >= 11 is 5.06. The number of ether oxygens (including phenoxy) is 2. The fourth-order valence-electron chi connectivity index (χ4n) is 3.76. The number of nitrogen functional groups attached to an aromatic ring is 1. The average molecular weight is 578 g/mol. The highest BCUT2D eigenvalue weighted by molar-refractivity contribution is 7.71. The van der Waals surface area contributed by atoms with Gasteiger partial charge in [0.15, 0.2) is 11.8 Å². The third kappa shape index (κ3) is 6.74. The predicted molar refractivity (Wildman–Crippen MR) is 134 cm³/mol. The number of hydrogen-bond acceptors (Lipinski definition) is 11. The molecule has 15 heteroatoms. The topological polar surface area (TPSA) is 155 Å². The summed E-state index contributed by atoms with van der Waals surface area (Å²) in [6, 6.07) is 9.22. The molecule has 1 saturated heterocycles. The number of esters is 1. The second kappa shape index (κ2) is 12.1. The highest BCUT2D eigenvalue weighted by Crippen LogP contribution is 2.51. The van der Waals surface area contributed by atoms with E-state index in [-0.39, 0.29) is 16.3 Å². The summed E-state index contributed by atoms with van der Waals surface area (Å²) in [5.41, 5.74) is 2.44. The summed E-state index contributed by atoms with van der Waals surface area (Å²) in [5.74, 6) is -1.40. The summed E-state index contributed by atoms with van der Waals surface area (Å²) < 4.78 is 64.4. The van der Waals surface area contributed by atoms with Gasteiger partial charge in [-0.15, -0.1) is 0 Å². The molecule has 1 aromatic heterocycles.